The zero-order valence-corrected chi connectivity index (χ0v) is 10.3. The van der Waals surface area contributed by atoms with E-state index in [0.717, 1.165) is 6.07 Å². The lowest BCUT2D eigenvalue weighted by atomic mass is 10.2. The lowest BCUT2D eigenvalue weighted by Crippen LogP contribution is -2.02. The quantitative estimate of drug-likeness (QED) is 0.477. The number of halogens is 1. The zero-order valence-electron chi connectivity index (χ0n) is 10.3. The molecule has 0 spiro atoms. The van der Waals surface area contributed by atoms with Gasteiger partial charge in [-0.3, -0.25) is 14.9 Å². The molecule has 6 heteroatoms. The number of carbonyl (C=O) groups excluding carboxylic acids is 1. The van der Waals surface area contributed by atoms with Crippen molar-refractivity contribution in [3.8, 4) is 5.75 Å². The van der Waals surface area contributed by atoms with Gasteiger partial charge < -0.3 is 4.74 Å². The molecule has 2 aromatic carbocycles. The van der Waals surface area contributed by atoms with E-state index in [4.69, 9.17) is 4.74 Å². The van der Waals surface area contributed by atoms with Gasteiger partial charge in [0.15, 0.2) is 0 Å². The van der Waals surface area contributed by atoms with Crippen LogP contribution in [-0.2, 0) is 6.61 Å². The molecule has 0 aromatic heterocycles. The third-order valence-corrected chi connectivity index (χ3v) is 2.64. The Bertz CT molecular complexity index is 657. The van der Waals surface area contributed by atoms with Crippen molar-refractivity contribution in [2.75, 3.05) is 0 Å². The molecule has 0 heterocycles. The summed E-state index contributed by atoms with van der Waals surface area (Å²) in [4.78, 5) is 20.4. The van der Waals surface area contributed by atoms with Crippen LogP contribution in [0.2, 0.25) is 0 Å². The fourth-order valence-electron chi connectivity index (χ4n) is 1.66. The van der Waals surface area contributed by atoms with Crippen LogP contribution in [0, 0.1) is 15.9 Å². The molecule has 5 nitrogen and oxygen atoms in total. The minimum absolute atomic E-state index is 0.0794. The van der Waals surface area contributed by atoms with Gasteiger partial charge in [0.25, 0.3) is 0 Å². The van der Waals surface area contributed by atoms with Crippen molar-refractivity contribution in [2.24, 2.45) is 0 Å². The van der Waals surface area contributed by atoms with Gasteiger partial charge in [0.1, 0.15) is 18.6 Å². The summed E-state index contributed by atoms with van der Waals surface area (Å²) >= 11 is 0. The van der Waals surface area contributed by atoms with Crippen molar-refractivity contribution >= 4 is 12.0 Å². The van der Waals surface area contributed by atoms with E-state index in [1.54, 1.807) is 18.2 Å². The highest BCUT2D eigenvalue weighted by atomic mass is 19.1. The van der Waals surface area contributed by atoms with Gasteiger partial charge in [0, 0.05) is 17.2 Å². The first-order valence-electron chi connectivity index (χ1n) is 5.71. The average molecular weight is 275 g/mol. The molecular formula is C14H10FNO4. The first-order valence-corrected chi connectivity index (χ1v) is 5.71. The molecule has 20 heavy (non-hydrogen) atoms. The predicted molar refractivity (Wildman–Crippen MR) is 69.2 cm³/mol. The molecule has 2 rings (SSSR count). The molecule has 0 aliphatic heterocycles. The highest BCUT2D eigenvalue weighted by molar-refractivity contribution is 5.75. The van der Waals surface area contributed by atoms with Crippen LogP contribution in [0.4, 0.5) is 10.1 Å². The fraction of sp³-hybridized carbons (Fsp3) is 0.0714. The Morgan fingerprint density at radius 2 is 2.00 bits per heavy atom. The Morgan fingerprint density at radius 3 is 2.70 bits per heavy atom. The molecule has 102 valence electrons. The maximum absolute atomic E-state index is 13.8. The zero-order chi connectivity index (χ0) is 14.5. The van der Waals surface area contributed by atoms with Crippen molar-refractivity contribution in [1.82, 2.24) is 0 Å². The minimum atomic E-state index is -0.913. The molecule has 0 saturated carbocycles. The second-order valence-corrected chi connectivity index (χ2v) is 3.99. The summed E-state index contributed by atoms with van der Waals surface area (Å²) in [6.07, 6.45) is 0.667. The Morgan fingerprint density at radius 1 is 1.25 bits per heavy atom. The number of carbonyl (C=O) groups is 1. The summed E-state index contributed by atoms with van der Waals surface area (Å²) in [5, 5.41) is 10.6. The number of benzene rings is 2. The molecule has 0 N–H and O–H groups in total. The second kappa shape index (κ2) is 5.92. The average Bonchev–Trinajstić information content (AvgIpc) is 2.46. The molecule has 2 aromatic rings. The van der Waals surface area contributed by atoms with E-state index < -0.39 is 16.4 Å². The van der Waals surface area contributed by atoms with Crippen LogP contribution in [0.1, 0.15) is 15.9 Å². The summed E-state index contributed by atoms with van der Waals surface area (Å²) < 4.78 is 19.1. The number of nitro groups is 1. The van der Waals surface area contributed by atoms with Crippen LogP contribution in [0.25, 0.3) is 0 Å². The van der Waals surface area contributed by atoms with E-state index in [0.29, 0.717) is 17.6 Å². The number of ether oxygens (including phenoxy) is 1. The van der Waals surface area contributed by atoms with E-state index in [1.807, 2.05) is 0 Å². The van der Waals surface area contributed by atoms with Crippen LogP contribution in [0.15, 0.2) is 42.5 Å². The SMILES string of the molecule is O=Cc1cccc(OCc2cccc([N+](=O)[O-])c2F)c1. The first-order chi connectivity index (χ1) is 9.61. The molecule has 0 amide bonds. The Kier molecular flexibility index (Phi) is 4.05. The number of hydrogen-bond donors (Lipinski definition) is 0. The normalized spacial score (nSPS) is 10.1. The monoisotopic (exact) mass is 275 g/mol. The van der Waals surface area contributed by atoms with Gasteiger partial charge in [-0.25, -0.2) is 0 Å². The van der Waals surface area contributed by atoms with E-state index in [2.05, 4.69) is 0 Å². The summed E-state index contributed by atoms with van der Waals surface area (Å²) in [6.45, 7) is -0.157. The van der Waals surface area contributed by atoms with E-state index in [9.17, 15) is 19.3 Å². The summed E-state index contributed by atoms with van der Waals surface area (Å²) in [6, 6.07) is 10.2. The predicted octanol–water partition coefficient (Wildman–Crippen LogP) is 3.13. The Balaban J connectivity index is 2.16. The molecule has 0 unspecified atom stereocenters. The van der Waals surface area contributed by atoms with Crippen LogP contribution in [-0.4, -0.2) is 11.2 Å². The van der Waals surface area contributed by atoms with E-state index >= 15 is 0 Å². The molecular weight excluding hydrogens is 265 g/mol. The van der Waals surface area contributed by atoms with Crippen molar-refractivity contribution in [3.05, 3.63) is 69.5 Å². The van der Waals surface area contributed by atoms with Gasteiger partial charge in [-0.2, -0.15) is 4.39 Å². The number of rotatable bonds is 5. The first kappa shape index (κ1) is 13.7. The smallest absolute Gasteiger partial charge is 0.305 e. The number of nitro benzene ring substituents is 1. The van der Waals surface area contributed by atoms with Crippen molar-refractivity contribution in [1.29, 1.82) is 0 Å². The molecule has 0 radical (unpaired) electrons. The maximum Gasteiger partial charge on any atom is 0.305 e. The molecule has 0 fully saturated rings. The third kappa shape index (κ3) is 2.97. The van der Waals surface area contributed by atoms with Crippen LogP contribution in [0.3, 0.4) is 0 Å². The molecule has 0 aliphatic rings. The molecule has 0 saturated heterocycles. The number of nitrogens with zero attached hydrogens (tertiary/aromatic N) is 1. The molecule has 0 aliphatic carbocycles. The van der Waals surface area contributed by atoms with Crippen LogP contribution >= 0.6 is 0 Å². The van der Waals surface area contributed by atoms with Crippen LogP contribution in [0.5, 0.6) is 5.75 Å². The minimum Gasteiger partial charge on any atom is -0.489 e. The third-order valence-electron chi connectivity index (χ3n) is 2.64. The van der Waals surface area contributed by atoms with Gasteiger partial charge in [-0.05, 0) is 12.1 Å². The molecule has 0 atom stereocenters. The van der Waals surface area contributed by atoms with Crippen LogP contribution < -0.4 is 4.74 Å². The number of hydrogen-bond acceptors (Lipinski definition) is 4. The van der Waals surface area contributed by atoms with Gasteiger partial charge in [0.05, 0.1) is 4.92 Å². The highest BCUT2D eigenvalue weighted by Gasteiger charge is 2.17. The fourth-order valence-corrected chi connectivity index (χ4v) is 1.66. The largest absolute Gasteiger partial charge is 0.489 e. The topological polar surface area (TPSA) is 69.4 Å². The highest BCUT2D eigenvalue weighted by Crippen LogP contribution is 2.22. The van der Waals surface area contributed by atoms with Gasteiger partial charge in [-0.1, -0.05) is 24.3 Å². The van der Waals surface area contributed by atoms with Gasteiger partial charge >= 0.3 is 5.69 Å². The molecule has 0 bridgehead atoms. The van der Waals surface area contributed by atoms with Gasteiger partial charge in [0.2, 0.25) is 5.82 Å². The lowest BCUT2D eigenvalue weighted by molar-refractivity contribution is -0.387. The summed E-state index contributed by atoms with van der Waals surface area (Å²) in [7, 11) is 0. The Labute approximate surface area is 113 Å². The summed E-state index contributed by atoms with van der Waals surface area (Å²) in [5.74, 6) is -0.524. The maximum atomic E-state index is 13.8. The Hall–Kier alpha value is -2.76. The van der Waals surface area contributed by atoms with Crippen molar-refractivity contribution in [2.45, 2.75) is 6.61 Å². The second-order valence-electron chi connectivity index (χ2n) is 3.99. The van der Waals surface area contributed by atoms with Crippen molar-refractivity contribution in [3.63, 3.8) is 0 Å². The lowest BCUT2D eigenvalue weighted by Gasteiger charge is -2.07. The van der Waals surface area contributed by atoms with E-state index in [-0.39, 0.29) is 12.2 Å². The van der Waals surface area contributed by atoms with Crippen molar-refractivity contribution < 1.29 is 18.8 Å². The summed E-state index contributed by atoms with van der Waals surface area (Å²) in [5.41, 5.74) is -0.0783. The standard InChI is InChI=1S/C14H10FNO4/c15-14-11(4-2-6-13(14)16(18)19)9-20-12-5-1-3-10(7-12)8-17/h1-8H,9H2. The van der Waals surface area contributed by atoms with Gasteiger partial charge in [-0.15, -0.1) is 0 Å². The number of aldehydes is 1. The van der Waals surface area contributed by atoms with E-state index in [1.165, 1.54) is 18.2 Å².